The third kappa shape index (κ3) is 2.24. The number of nitrogen functional groups attached to an aromatic ring is 1. The molecule has 19 heavy (non-hydrogen) atoms. The minimum absolute atomic E-state index is 0.128. The summed E-state index contributed by atoms with van der Waals surface area (Å²) in [5, 5.41) is 3.67. The second-order valence-corrected chi connectivity index (χ2v) is 3.73. The van der Waals surface area contributed by atoms with Crippen LogP contribution in [0.1, 0.15) is 15.9 Å². The Bertz CT molecular complexity index is 633. The lowest BCUT2D eigenvalue weighted by atomic mass is 10.1. The molecule has 0 bridgehead atoms. The van der Waals surface area contributed by atoms with Crippen LogP contribution in [0, 0.1) is 0 Å². The highest BCUT2D eigenvalue weighted by molar-refractivity contribution is 5.97. The molecular weight excluding hydrogens is 261 g/mol. The topological polar surface area (TPSA) is 86.9 Å². The highest BCUT2D eigenvalue weighted by Gasteiger charge is 2.34. The van der Waals surface area contributed by atoms with Gasteiger partial charge in [-0.15, -0.1) is 0 Å². The van der Waals surface area contributed by atoms with Gasteiger partial charge in [-0.2, -0.15) is 18.3 Å². The van der Waals surface area contributed by atoms with Crippen LogP contribution in [0.15, 0.2) is 30.5 Å². The van der Waals surface area contributed by atoms with Gasteiger partial charge in [-0.25, -0.2) is 4.68 Å². The van der Waals surface area contributed by atoms with Crippen molar-refractivity contribution in [3.8, 4) is 5.69 Å². The Balaban J connectivity index is 2.64. The van der Waals surface area contributed by atoms with Crippen LogP contribution >= 0.6 is 0 Å². The molecule has 1 amide bonds. The Hall–Kier alpha value is -2.51. The number of hydrogen-bond donors (Lipinski definition) is 2. The molecule has 0 unspecified atom stereocenters. The number of alkyl halides is 3. The summed E-state index contributed by atoms with van der Waals surface area (Å²) in [5.41, 5.74) is 9.32. The summed E-state index contributed by atoms with van der Waals surface area (Å²) < 4.78 is 39.4. The van der Waals surface area contributed by atoms with Crippen LogP contribution in [0.3, 0.4) is 0 Å². The fourth-order valence-electron chi connectivity index (χ4n) is 1.64. The van der Waals surface area contributed by atoms with Crippen molar-refractivity contribution in [2.45, 2.75) is 6.18 Å². The zero-order valence-corrected chi connectivity index (χ0v) is 9.48. The average molecular weight is 270 g/mol. The predicted molar refractivity (Wildman–Crippen MR) is 61.5 cm³/mol. The van der Waals surface area contributed by atoms with Gasteiger partial charge < -0.3 is 11.5 Å². The first-order valence-electron chi connectivity index (χ1n) is 5.12. The molecular formula is C11H9F3N4O. The second kappa shape index (κ2) is 4.30. The minimum atomic E-state index is -4.55. The number of nitrogens with two attached hydrogens (primary N) is 2. The van der Waals surface area contributed by atoms with E-state index in [-0.39, 0.29) is 17.1 Å². The lowest BCUT2D eigenvalue weighted by molar-refractivity contribution is -0.137. The molecule has 0 atom stereocenters. The van der Waals surface area contributed by atoms with E-state index in [1.165, 1.54) is 18.2 Å². The number of benzene rings is 1. The Morgan fingerprint density at radius 1 is 1.26 bits per heavy atom. The molecule has 2 aromatic rings. The SMILES string of the molecule is NC(=O)c1cnn(-c2ccccc2C(F)(F)F)c1N. The van der Waals surface area contributed by atoms with Crippen LogP contribution < -0.4 is 11.5 Å². The van der Waals surface area contributed by atoms with Crippen LogP contribution in [0.25, 0.3) is 5.69 Å². The molecule has 0 spiro atoms. The van der Waals surface area contributed by atoms with E-state index >= 15 is 0 Å². The fourth-order valence-corrected chi connectivity index (χ4v) is 1.64. The van der Waals surface area contributed by atoms with E-state index in [9.17, 15) is 18.0 Å². The van der Waals surface area contributed by atoms with E-state index in [1.54, 1.807) is 0 Å². The summed E-state index contributed by atoms with van der Waals surface area (Å²) in [6, 6.07) is 4.77. The van der Waals surface area contributed by atoms with Crippen molar-refractivity contribution in [1.82, 2.24) is 9.78 Å². The predicted octanol–water partition coefficient (Wildman–Crippen LogP) is 1.57. The first kappa shape index (κ1) is 12.9. The number of para-hydroxylation sites is 1. The normalized spacial score (nSPS) is 11.5. The number of halogens is 3. The summed E-state index contributed by atoms with van der Waals surface area (Å²) >= 11 is 0. The van der Waals surface area contributed by atoms with Crippen LogP contribution in [0.2, 0.25) is 0 Å². The van der Waals surface area contributed by atoms with E-state index in [4.69, 9.17) is 11.5 Å². The van der Waals surface area contributed by atoms with Crippen molar-refractivity contribution in [2.75, 3.05) is 5.73 Å². The first-order chi connectivity index (χ1) is 8.82. The van der Waals surface area contributed by atoms with Gasteiger partial charge in [-0.3, -0.25) is 4.79 Å². The third-order valence-electron chi connectivity index (χ3n) is 2.51. The van der Waals surface area contributed by atoms with Crippen LogP contribution in [0.4, 0.5) is 19.0 Å². The minimum Gasteiger partial charge on any atom is -0.383 e. The number of nitrogens with zero attached hydrogens (tertiary/aromatic N) is 2. The summed E-state index contributed by atoms with van der Waals surface area (Å²) in [5.74, 6) is -1.09. The lowest BCUT2D eigenvalue weighted by Gasteiger charge is -2.13. The number of anilines is 1. The Kier molecular flexibility index (Phi) is 2.93. The molecule has 0 saturated carbocycles. The standard InChI is InChI=1S/C11H9F3N4O/c12-11(13,14)7-3-1-2-4-8(7)18-9(15)6(5-17-18)10(16)19/h1-5H,15H2,(H2,16,19). The summed E-state index contributed by atoms with van der Waals surface area (Å²) in [6.45, 7) is 0. The Morgan fingerprint density at radius 2 is 1.89 bits per heavy atom. The van der Waals surface area contributed by atoms with E-state index in [0.717, 1.165) is 16.9 Å². The van der Waals surface area contributed by atoms with Crippen molar-refractivity contribution in [1.29, 1.82) is 0 Å². The summed E-state index contributed by atoms with van der Waals surface area (Å²) in [7, 11) is 0. The quantitative estimate of drug-likeness (QED) is 0.868. The highest BCUT2D eigenvalue weighted by atomic mass is 19.4. The molecule has 4 N–H and O–H groups in total. The fraction of sp³-hybridized carbons (Fsp3) is 0.0909. The van der Waals surface area contributed by atoms with Crippen LogP contribution in [0.5, 0.6) is 0 Å². The number of rotatable bonds is 2. The number of carbonyl (C=O) groups excluding carboxylic acids is 1. The average Bonchev–Trinajstić information content (AvgIpc) is 2.70. The molecule has 0 radical (unpaired) electrons. The van der Waals surface area contributed by atoms with Crippen molar-refractivity contribution < 1.29 is 18.0 Å². The maximum absolute atomic E-state index is 12.9. The molecule has 1 heterocycles. The molecule has 0 saturated heterocycles. The molecule has 1 aromatic heterocycles. The molecule has 0 fully saturated rings. The van der Waals surface area contributed by atoms with Crippen LogP contribution in [-0.4, -0.2) is 15.7 Å². The molecule has 1 aromatic carbocycles. The number of primary amides is 1. The maximum atomic E-state index is 12.9. The third-order valence-corrected chi connectivity index (χ3v) is 2.51. The molecule has 2 rings (SSSR count). The number of carbonyl (C=O) groups is 1. The zero-order valence-electron chi connectivity index (χ0n) is 9.48. The molecule has 0 aliphatic carbocycles. The van der Waals surface area contributed by atoms with E-state index in [2.05, 4.69) is 5.10 Å². The van der Waals surface area contributed by atoms with Gasteiger partial charge in [0.15, 0.2) is 0 Å². The number of amides is 1. The Morgan fingerprint density at radius 3 is 2.42 bits per heavy atom. The first-order valence-corrected chi connectivity index (χ1v) is 5.12. The number of hydrogen-bond acceptors (Lipinski definition) is 3. The second-order valence-electron chi connectivity index (χ2n) is 3.73. The van der Waals surface area contributed by atoms with Crippen molar-refractivity contribution in [3.63, 3.8) is 0 Å². The number of aromatic nitrogens is 2. The van der Waals surface area contributed by atoms with E-state index in [0.29, 0.717) is 0 Å². The van der Waals surface area contributed by atoms with Gasteiger partial charge in [0.1, 0.15) is 11.4 Å². The van der Waals surface area contributed by atoms with Gasteiger partial charge in [0.2, 0.25) is 0 Å². The van der Waals surface area contributed by atoms with Gasteiger partial charge in [0, 0.05) is 0 Å². The zero-order chi connectivity index (χ0) is 14.2. The van der Waals surface area contributed by atoms with Crippen molar-refractivity contribution in [2.24, 2.45) is 5.73 Å². The maximum Gasteiger partial charge on any atom is 0.418 e. The van der Waals surface area contributed by atoms with Gasteiger partial charge in [-0.1, -0.05) is 12.1 Å². The molecule has 100 valence electrons. The van der Waals surface area contributed by atoms with Crippen molar-refractivity contribution >= 4 is 11.7 Å². The van der Waals surface area contributed by atoms with E-state index < -0.39 is 17.6 Å². The summed E-state index contributed by atoms with van der Waals surface area (Å²) in [6.07, 6.45) is -3.52. The smallest absolute Gasteiger partial charge is 0.383 e. The largest absolute Gasteiger partial charge is 0.418 e. The van der Waals surface area contributed by atoms with Gasteiger partial charge in [0.05, 0.1) is 17.4 Å². The van der Waals surface area contributed by atoms with E-state index in [1.807, 2.05) is 0 Å². The van der Waals surface area contributed by atoms with Gasteiger partial charge in [-0.05, 0) is 12.1 Å². The van der Waals surface area contributed by atoms with Gasteiger partial charge in [0.25, 0.3) is 5.91 Å². The summed E-state index contributed by atoms with van der Waals surface area (Å²) in [4.78, 5) is 11.0. The molecule has 8 heteroatoms. The highest BCUT2D eigenvalue weighted by Crippen LogP contribution is 2.34. The Labute approximate surface area is 105 Å². The van der Waals surface area contributed by atoms with Crippen molar-refractivity contribution in [3.05, 3.63) is 41.6 Å². The molecule has 5 nitrogen and oxygen atoms in total. The molecule has 0 aliphatic rings. The molecule has 0 aliphatic heterocycles. The lowest BCUT2D eigenvalue weighted by Crippen LogP contribution is -2.15. The van der Waals surface area contributed by atoms with Gasteiger partial charge >= 0.3 is 6.18 Å². The monoisotopic (exact) mass is 270 g/mol. The van der Waals surface area contributed by atoms with Crippen LogP contribution in [-0.2, 0) is 6.18 Å².